The number of hydrogen-bond acceptors (Lipinski definition) is 4. The second kappa shape index (κ2) is 11.5. The van der Waals surface area contributed by atoms with Gasteiger partial charge < -0.3 is 24.8 Å². The molecule has 0 aliphatic heterocycles. The molecule has 0 bridgehead atoms. The Hall–Kier alpha value is -1.34. The third-order valence-electron chi connectivity index (χ3n) is 2.74. The van der Waals surface area contributed by atoms with Crippen molar-refractivity contribution in [3.8, 4) is 0 Å². The molecule has 2 N–H and O–H groups in total. The smallest absolute Gasteiger partial charge is 0.317 e. The van der Waals surface area contributed by atoms with Crippen molar-refractivity contribution in [3.63, 3.8) is 0 Å². The number of aliphatic carboxylic acids is 1. The van der Waals surface area contributed by atoms with Crippen LogP contribution in [0.5, 0.6) is 0 Å². The average molecular weight is 290 g/mol. The van der Waals surface area contributed by atoms with E-state index in [9.17, 15) is 9.59 Å². The van der Waals surface area contributed by atoms with Gasteiger partial charge in [-0.05, 0) is 12.8 Å². The van der Waals surface area contributed by atoms with E-state index in [0.29, 0.717) is 26.4 Å². The highest BCUT2D eigenvalue weighted by Gasteiger charge is 2.16. The molecule has 7 nitrogen and oxygen atoms in total. The Morgan fingerprint density at radius 2 is 1.95 bits per heavy atom. The summed E-state index contributed by atoms with van der Waals surface area (Å²) in [7, 11) is 3.21. The van der Waals surface area contributed by atoms with E-state index in [-0.39, 0.29) is 12.6 Å². The maximum absolute atomic E-state index is 11.6. The molecule has 0 fully saturated rings. The molecular formula is C13H26N2O5. The number of carboxylic acids is 1. The summed E-state index contributed by atoms with van der Waals surface area (Å²) in [6.45, 7) is 4.14. The molecule has 2 amide bonds. The van der Waals surface area contributed by atoms with Crippen LogP contribution in [0.25, 0.3) is 0 Å². The number of nitrogens with zero attached hydrogens (tertiary/aromatic N) is 1. The van der Waals surface area contributed by atoms with Crippen LogP contribution in [0.4, 0.5) is 4.79 Å². The monoisotopic (exact) mass is 290 g/mol. The number of carbonyl (C=O) groups is 2. The Labute approximate surface area is 120 Å². The van der Waals surface area contributed by atoms with E-state index in [2.05, 4.69) is 5.32 Å². The molecule has 0 heterocycles. The highest BCUT2D eigenvalue weighted by Crippen LogP contribution is 1.98. The summed E-state index contributed by atoms with van der Waals surface area (Å²) in [6, 6.07) is -0.251. The number of urea groups is 1. The van der Waals surface area contributed by atoms with Crippen LogP contribution in [0.1, 0.15) is 19.8 Å². The Kier molecular flexibility index (Phi) is 10.7. The molecule has 0 aliphatic rings. The van der Waals surface area contributed by atoms with Crippen molar-refractivity contribution in [2.45, 2.75) is 19.8 Å². The zero-order chi connectivity index (χ0) is 15.4. The van der Waals surface area contributed by atoms with Gasteiger partial charge in [0.2, 0.25) is 0 Å². The first-order valence-corrected chi connectivity index (χ1v) is 6.77. The second-order valence-corrected chi connectivity index (χ2v) is 4.66. The van der Waals surface area contributed by atoms with Crippen molar-refractivity contribution in [1.82, 2.24) is 10.2 Å². The minimum absolute atomic E-state index is 0.196. The van der Waals surface area contributed by atoms with Gasteiger partial charge in [0.25, 0.3) is 0 Å². The van der Waals surface area contributed by atoms with E-state index in [0.717, 1.165) is 12.8 Å². The van der Waals surface area contributed by atoms with Crippen LogP contribution in [0.3, 0.4) is 0 Å². The molecule has 1 atom stereocenters. The normalized spacial score (nSPS) is 11.9. The highest BCUT2D eigenvalue weighted by molar-refractivity contribution is 5.75. The van der Waals surface area contributed by atoms with E-state index in [1.807, 2.05) is 0 Å². The summed E-state index contributed by atoms with van der Waals surface area (Å²) < 4.78 is 10.1. The quantitative estimate of drug-likeness (QED) is 0.549. The molecule has 1 unspecified atom stereocenters. The number of ether oxygens (including phenoxy) is 2. The number of carboxylic acid groups (broad SMARTS) is 1. The molecule has 0 aromatic rings. The van der Waals surface area contributed by atoms with Gasteiger partial charge in [0.05, 0.1) is 19.1 Å². The number of methoxy groups -OCH3 is 1. The average Bonchev–Trinajstić information content (AvgIpc) is 2.41. The Morgan fingerprint density at radius 1 is 1.25 bits per heavy atom. The summed E-state index contributed by atoms with van der Waals surface area (Å²) in [5.74, 6) is -1.47. The molecule has 0 saturated heterocycles. The number of carbonyl (C=O) groups excluding carboxylic acids is 1. The van der Waals surface area contributed by atoms with Gasteiger partial charge in [-0.25, -0.2) is 4.79 Å². The molecule has 118 valence electrons. The van der Waals surface area contributed by atoms with Gasteiger partial charge >= 0.3 is 12.0 Å². The summed E-state index contributed by atoms with van der Waals surface area (Å²) in [5, 5.41) is 11.5. The van der Waals surface area contributed by atoms with Gasteiger partial charge in [-0.1, -0.05) is 6.92 Å². The van der Waals surface area contributed by atoms with Crippen molar-refractivity contribution in [2.75, 3.05) is 47.1 Å². The molecule has 0 aromatic heterocycles. The first-order chi connectivity index (χ1) is 9.49. The zero-order valence-electron chi connectivity index (χ0n) is 12.6. The lowest BCUT2D eigenvalue weighted by Crippen LogP contribution is -2.41. The SMILES string of the molecule is COCCOCCCCNC(=O)N(C)CC(C)C(=O)O. The van der Waals surface area contributed by atoms with Gasteiger partial charge in [-0.15, -0.1) is 0 Å². The van der Waals surface area contributed by atoms with Crippen LogP contribution in [0.2, 0.25) is 0 Å². The molecule has 7 heteroatoms. The number of nitrogens with one attached hydrogen (secondary N) is 1. The molecular weight excluding hydrogens is 264 g/mol. The van der Waals surface area contributed by atoms with Crippen molar-refractivity contribution in [3.05, 3.63) is 0 Å². The Balaban J connectivity index is 3.55. The minimum atomic E-state index is -0.905. The fraction of sp³-hybridized carbons (Fsp3) is 0.846. The molecule has 0 saturated carbocycles. The molecule has 0 radical (unpaired) electrons. The molecule has 20 heavy (non-hydrogen) atoms. The van der Waals surface area contributed by atoms with Crippen molar-refractivity contribution in [2.24, 2.45) is 5.92 Å². The summed E-state index contributed by atoms with van der Waals surface area (Å²) in [6.07, 6.45) is 1.68. The van der Waals surface area contributed by atoms with Gasteiger partial charge in [0.15, 0.2) is 0 Å². The fourth-order valence-corrected chi connectivity index (χ4v) is 1.48. The lowest BCUT2D eigenvalue weighted by molar-refractivity contribution is -0.141. The van der Waals surface area contributed by atoms with Crippen LogP contribution < -0.4 is 5.32 Å². The lowest BCUT2D eigenvalue weighted by atomic mass is 10.2. The van der Waals surface area contributed by atoms with E-state index in [1.165, 1.54) is 4.90 Å². The third kappa shape index (κ3) is 9.57. The predicted molar refractivity (Wildman–Crippen MR) is 74.8 cm³/mol. The van der Waals surface area contributed by atoms with Gasteiger partial charge in [0.1, 0.15) is 0 Å². The number of rotatable bonds is 11. The van der Waals surface area contributed by atoms with E-state index in [1.54, 1.807) is 21.1 Å². The fourth-order valence-electron chi connectivity index (χ4n) is 1.48. The van der Waals surface area contributed by atoms with E-state index in [4.69, 9.17) is 14.6 Å². The first-order valence-electron chi connectivity index (χ1n) is 6.77. The van der Waals surface area contributed by atoms with Crippen molar-refractivity contribution < 1.29 is 24.2 Å². The van der Waals surface area contributed by atoms with Crippen LogP contribution in [-0.4, -0.2) is 69.1 Å². The van der Waals surface area contributed by atoms with Crippen LogP contribution >= 0.6 is 0 Å². The topological polar surface area (TPSA) is 88.1 Å². The largest absolute Gasteiger partial charge is 0.481 e. The van der Waals surface area contributed by atoms with E-state index < -0.39 is 11.9 Å². The zero-order valence-corrected chi connectivity index (χ0v) is 12.6. The molecule has 0 aromatic carbocycles. The van der Waals surface area contributed by atoms with Crippen LogP contribution in [-0.2, 0) is 14.3 Å². The standard InChI is InChI=1S/C13H26N2O5/c1-11(12(16)17)10-15(2)13(18)14-6-4-5-7-20-9-8-19-3/h11H,4-10H2,1-3H3,(H,14,18)(H,16,17). The van der Waals surface area contributed by atoms with Crippen molar-refractivity contribution in [1.29, 1.82) is 0 Å². The van der Waals surface area contributed by atoms with Crippen molar-refractivity contribution >= 4 is 12.0 Å². The lowest BCUT2D eigenvalue weighted by Gasteiger charge is -2.19. The first kappa shape index (κ1) is 18.7. The highest BCUT2D eigenvalue weighted by atomic mass is 16.5. The van der Waals surface area contributed by atoms with Gasteiger partial charge in [-0.3, -0.25) is 4.79 Å². The summed E-state index contributed by atoms with van der Waals surface area (Å²) in [5.41, 5.74) is 0. The Bertz CT molecular complexity index is 286. The summed E-state index contributed by atoms with van der Waals surface area (Å²) in [4.78, 5) is 23.7. The van der Waals surface area contributed by atoms with Gasteiger partial charge in [-0.2, -0.15) is 0 Å². The van der Waals surface area contributed by atoms with Crippen LogP contribution in [0.15, 0.2) is 0 Å². The molecule has 0 aliphatic carbocycles. The summed E-state index contributed by atoms with van der Waals surface area (Å²) >= 11 is 0. The second-order valence-electron chi connectivity index (χ2n) is 4.66. The van der Waals surface area contributed by atoms with Crippen LogP contribution in [0, 0.1) is 5.92 Å². The molecule has 0 spiro atoms. The number of unbranched alkanes of at least 4 members (excludes halogenated alkanes) is 1. The Morgan fingerprint density at radius 3 is 2.55 bits per heavy atom. The van der Waals surface area contributed by atoms with Gasteiger partial charge in [0, 0.05) is 33.9 Å². The van der Waals surface area contributed by atoms with E-state index >= 15 is 0 Å². The number of amides is 2. The third-order valence-corrected chi connectivity index (χ3v) is 2.74. The predicted octanol–water partition coefficient (Wildman–Crippen LogP) is 0.792. The minimum Gasteiger partial charge on any atom is -0.481 e. The maximum Gasteiger partial charge on any atom is 0.317 e. The maximum atomic E-state index is 11.6. The molecule has 0 rings (SSSR count). The number of hydrogen-bond donors (Lipinski definition) is 2.